The molecule has 0 atom stereocenters. The minimum absolute atomic E-state index is 0.100. The number of carbonyl (C=O) groups excluding carboxylic acids is 1. The van der Waals surface area contributed by atoms with Crippen LogP contribution < -0.4 is 16.6 Å². The fraction of sp³-hybridized carbons (Fsp3) is 0.154. The van der Waals surface area contributed by atoms with E-state index in [4.69, 9.17) is 10.9 Å². The second-order valence-electron chi connectivity index (χ2n) is 4.06. The van der Waals surface area contributed by atoms with Gasteiger partial charge in [0, 0.05) is 12.3 Å². The zero-order valence-corrected chi connectivity index (χ0v) is 10.7. The fourth-order valence-electron chi connectivity index (χ4n) is 1.60. The minimum atomic E-state index is -0.351. The summed E-state index contributed by atoms with van der Waals surface area (Å²) in [6.07, 6.45) is 3.30. The van der Waals surface area contributed by atoms with E-state index >= 15 is 0 Å². The molecule has 7 heteroatoms. The third-order valence-corrected chi connectivity index (χ3v) is 2.64. The number of aliphatic hydroxyl groups excluding tert-OH is 1. The number of nitrogens with one attached hydrogen (secondary N) is 2. The monoisotopic (exact) mass is 273 g/mol. The van der Waals surface area contributed by atoms with Gasteiger partial charge in [-0.2, -0.15) is 0 Å². The van der Waals surface area contributed by atoms with Crippen LogP contribution in [-0.4, -0.2) is 27.6 Å². The Morgan fingerprint density at radius 2 is 1.95 bits per heavy atom. The van der Waals surface area contributed by atoms with Crippen LogP contribution in [0.25, 0.3) is 0 Å². The molecule has 1 aromatic carbocycles. The van der Waals surface area contributed by atoms with Crippen LogP contribution in [0.4, 0.5) is 11.5 Å². The molecule has 5 N–H and O–H groups in total. The van der Waals surface area contributed by atoms with Crippen molar-refractivity contribution in [2.45, 2.75) is 6.42 Å². The Kier molecular flexibility index (Phi) is 4.59. The molecule has 0 aliphatic heterocycles. The summed E-state index contributed by atoms with van der Waals surface area (Å²) in [5, 5.41) is 11.5. The SMILES string of the molecule is NNc1cnc(C(=O)Nc2ccc(CCO)cc2)cn1. The van der Waals surface area contributed by atoms with Crippen LogP contribution in [0.1, 0.15) is 16.1 Å². The molecule has 7 nitrogen and oxygen atoms in total. The lowest BCUT2D eigenvalue weighted by Gasteiger charge is -2.06. The van der Waals surface area contributed by atoms with E-state index in [1.54, 1.807) is 12.1 Å². The van der Waals surface area contributed by atoms with Gasteiger partial charge in [-0.1, -0.05) is 12.1 Å². The van der Waals surface area contributed by atoms with Crippen LogP contribution in [0.15, 0.2) is 36.7 Å². The number of hydrogen-bond donors (Lipinski definition) is 4. The van der Waals surface area contributed by atoms with Gasteiger partial charge >= 0.3 is 0 Å². The van der Waals surface area contributed by atoms with Gasteiger partial charge in [0.15, 0.2) is 5.82 Å². The van der Waals surface area contributed by atoms with Crippen LogP contribution in [0, 0.1) is 0 Å². The van der Waals surface area contributed by atoms with Gasteiger partial charge < -0.3 is 15.8 Å². The molecule has 0 saturated carbocycles. The number of nitrogens with two attached hydrogens (primary N) is 1. The molecule has 104 valence electrons. The molecule has 1 amide bonds. The van der Waals surface area contributed by atoms with Crippen molar-refractivity contribution in [3.8, 4) is 0 Å². The summed E-state index contributed by atoms with van der Waals surface area (Å²) in [6, 6.07) is 7.23. The number of nitrogen functional groups attached to an aromatic ring is 1. The van der Waals surface area contributed by atoms with E-state index in [0.717, 1.165) is 5.56 Å². The first kappa shape index (κ1) is 13.9. The van der Waals surface area contributed by atoms with Gasteiger partial charge in [-0.15, -0.1) is 0 Å². The standard InChI is InChI=1S/C13H15N5O2/c14-18-12-8-15-11(7-16-12)13(20)17-10-3-1-9(2-4-10)5-6-19/h1-4,7-8,19H,5-6,14H2,(H,16,18)(H,17,20). The van der Waals surface area contributed by atoms with Gasteiger partial charge in [-0.05, 0) is 24.1 Å². The molecule has 0 bridgehead atoms. The summed E-state index contributed by atoms with van der Waals surface area (Å²) in [5.74, 6) is 5.20. The minimum Gasteiger partial charge on any atom is -0.396 e. The lowest BCUT2D eigenvalue weighted by Crippen LogP contribution is -2.15. The van der Waals surface area contributed by atoms with Crippen molar-refractivity contribution in [3.05, 3.63) is 47.9 Å². The third-order valence-electron chi connectivity index (χ3n) is 2.64. The van der Waals surface area contributed by atoms with Crippen LogP contribution in [-0.2, 0) is 6.42 Å². The highest BCUT2D eigenvalue weighted by Crippen LogP contribution is 2.11. The molecule has 20 heavy (non-hydrogen) atoms. The Balaban J connectivity index is 2.02. The number of hydrazine groups is 1. The maximum absolute atomic E-state index is 11.9. The summed E-state index contributed by atoms with van der Waals surface area (Å²) >= 11 is 0. The molecule has 0 spiro atoms. The number of carbonyl (C=O) groups is 1. The van der Waals surface area contributed by atoms with Crippen molar-refractivity contribution in [2.75, 3.05) is 17.3 Å². The third kappa shape index (κ3) is 3.50. The number of aromatic nitrogens is 2. The summed E-state index contributed by atoms with van der Waals surface area (Å²) in [6.45, 7) is 0.100. The molecule has 0 radical (unpaired) electrons. The largest absolute Gasteiger partial charge is 0.396 e. The first-order valence-electron chi connectivity index (χ1n) is 6.02. The van der Waals surface area contributed by atoms with Crippen molar-refractivity contribution in [3.63, 3.8) is 0 Å². The topological polar surface area (TPSA) is 113 Å². The van der Waals surface area contributed by atoms with Crippen molar-refractivity contribution >= 4 is 17.4 Å². The van der Waals surface area contributed by atoms with Crippen molar-refractivity contribution in [2.24, 2.45) is 5.84 Å². The summed E-state index contributed by atoms with van der Waals surface area (Å²) in [5.41, 5.74) is 4.19. The van der Waals surface area contributed by atoms with Crippen molar-refractivity contribution in [1.82, 2.24) is 9.97 Å². The fourth-order valence-corrected chi connectivity index (χ4v) is 1.60. The number of anilines is 2. The highest BCUT2D eigenvalue weighted by molar-refractivity contribution is 6.02. The molecule has 0 saturated heterocycles. The molecule has 0 unspecified atom stereocenters. The highest BCUT2D eigenvalue weighted by Gasteiger charge is 2.08. The number of benzene rings is 1. The number of hydrogen-bond acceptors (Lipinski definition) is 6. The first-order valence-corrected chi connectivity index (χ1v) is 6.02. The number of aliphatic hydroxyl groups is 1. The van der Waals surface area contributed by atoms with Crippen molar-refractivity contribution < 1.29 is 9.90 Å². The normalized spacial score (nSPS) is 10.1. The zero-order chi connectivity index (χ0) is 14.4. The van der Waals surface area contributed by atoms with E-state index < -0.39 is 0 Å². The van der Waals surface area contributed by atoms with Crippen LogP contribution in [0.2, 0.25) is 0 Å². The van der Waals surface area contributed by atoms with Gasteiger partial charge in [0.1, 0.15) is 5.69 Å². The average molecular weight is 273 g/mol. The molecule has 0 fully saturated rings. The first-order chi connectivity index (χ1) is 9.72. The van der Waals surface area contributed by atoms with Crippen LogP contribution >= 0.6 is 0 Å². The molecule has 1 heterocycles. The Bertz CT molecular complexity index is 568. The lowest BCUT2D eigenvalue weighted by molar-refractivity contribution is 0.102. The van der Waals surface area contributed by atoms with Crippen LogP contribution in [0.5, 0.6) is 0 Å². The number of nitrogens with zero attached hydrogens (tertiary/aromatic N) is 2. The Labute approximate surface area is 115 Å². The predicted octanol–water partition coefficient (Wildman–Crippen LogP) is 0.549. The quantitative estimate of drug-likeness (QED) is 0.467. The summed E-state index contributed by atoms with van der Waals surface area (Å²) in [7, 11) is 0. The molecule has 0 aliphatic carbocycles. The Morgan fingerprint density at radius 1 is 1.20 bits per heavy atom. The average Bonchev–Trinajstić information content (AvgIpc) is 2.49. The van der Waals surface area contributed by atoms with Gasteiger partial charge in [0.05, 0.1) is 12.4 Å². The summed E-state index contributed by atoms with van der Waals surface area (Å²) < 4.78 is 0. The maximum Gasteiger partial charge on any atom is 0.275 e. The van der Waals surface area contributed by atoms with Crippen molar-refractivity contribution in [1.29, 1.82) is 0 Å². The number of amides is 1. The zero-order valence-electron chi connectivity index (χ0n) is 10.7. The van der Waals surface area contributed by atoms with E-state index in [-0.39, 0.29) is 18.2 Å². The van der Waals surface area contributed by atoms with E-state index in [1.807, 2.05) is 12.1 Å². The molecular weight excluding hydrogens is 258 g/mol. The van der Waals surface area contributed by atoms with E-state index in [2.05, 4.69) is 20.7 Å². The Morgan fingerprint density at radius 3 is 2.50 bits per heavy atom. The van der Waals surface area contributed by atoms with E-state index in [1.165, 1.54) is 12.4 Å². The van der Waals surface area contributed by atoms with E-state index in [0.29, 0.717) is 17.9 Å². The molecule has 2 rings (SSSR count). The number of rotatable bonds is 5. The predicted molar refractivity (Wildman–Crippen MR) is 75.0 cm³/mol. The maximum atomic E-state index is 11.9. The smallest absolute Gasteiger partial charge is 0.275 e. The molecule has 1 aromatic heterocycles. The molecule has 2 aromatic rings. The van der Waals surface area contributed by atoms with Gasteiger partial charge in [0.25, 0.3) is 5.91 Å². The summed E-state index contributed by atoms with van der Waals surface area (Å²) in [4.78, 5) is 19.8. The second kappa shape index (κ2) is 6.60. The van der Waals surface area contributed by atoms with Gasteiger partial charge in [-0.3, -0.25) is 4.79 Å². The van der Waals surface area contributed by atoms with Gasteiger partial charge in [-0.25, -0.2) is 15.8 Å². The van der Waals surface area contributed by atoms with Crippen LogP contribution in [0.3, 0.4) is 0 Å². The molecular formula is C13H15N5O2. The molecule has 0 aliphatic rings. The highest BCUT2D eigenvalue weighted by atomic mass is 16.3. The van der Waals surface area contributed by atoms with E-state index in [9.17, 15) is 4.79 Å². The Hall–Kier alpha value is -2.51. The second-order valence-corrected chi connectivity index (χ2v) is 4.06. The lowest BCUT2D eigenvalue weighted by atomic mass is 10.1. The van der Waals surface area contributed by atoms with Gasteiger partial charge in [0.2, 0.25) is 0 Å².